The molecule has 0 atom stereocenters. The highest BCUT2D eigenvalue weighted by Crippen LogP contribution is 2.37. The van der Waals surface area contributed by atoms with Crippen LogP contribution < -0.4 is 10.1 Å². The number of fused-ring (bicyclic) bond motifs is 1. The van der Waals surface area contributed by atoms with Crippen LogP contribution in [0.5, 0.6) is 5.75 Å². The molecule has 2 aliphatic heterocycles. The zero-order valence-electron chi connectivity index (χ0n) is 15.2. The van der Waals surface area contributed by atoms with E-state index in [0.29, 0.717) is 26.2 Å². The minimum atomic E-state index is -0.806. The van der Waals surface area contributed by atoms with Crippen LogP contribution in [-0.2, 0) is 16.0 Å². The first-order chi connectivity index (χ1) is 12.6. The molecular formula is C20H28N2O4. The summed E-state index contributed by atoms with van der Waals surface area (Å²) < 4.78 is 5.86. The van der Waals surface area contributed by atoms with Crippen LogP contribution in [0.4, 0.5) is 0 Å². The Morgan fingerprint density at radius 3 is 2.73 bits per heavy atom. The van der Waals surface area contributed by atoms with Crippen LogP contribution in [0.15, 0.2) is 24.3 Å². The van der Waals surface area contributed by atoms with Gasteiger partial charge in [0.2, 0.25) is 5.91 Å². The molecule has 1 aromatic carbocycles. The number of aliphatic carboxylic acids is 1. The van der Waals surface area contributed by atoms with Crippen LogP contribution in [0.25, 0.3) is 0 Å². The average Bonchev–Trinajstić information content (AvgIpc) is 2.63. The van der Waals surface area contributed by atoms with Gasteiger partial charge in [0.25, 0.3) is 0 Å². The van der Waals surface area contributed by atoms with E-state index in [2.05, 4.69) is 11.4 Å². The number of nitrogens with zero attached hydrogens (tertiary/aromatic N) is 1. The molecule has 6 heteroatoms. The maximum Gasteiger partial charge on any atom is 0.317 e. The molecule has 0 unspecified atom stereocenters. The number of likely N-dealkylation sites (tertiary alicyclic amines) is 1. The van der Waals surface area contributed by atoms with Crippen molar-refractivity contribution in [3.63, 3.8) is 0 Å². The Morgan fingerprint density at radius 1 is 1.19 bits per heavy atom. The molecule has 142 valence electrons. The monoisotopic (exact) mass is 360 g/mol. The van der Waals surface area contributed by atoms with Crippen LogP contribution in [-0.4, -0.2) is 54.7 Å². The van der Waals surface area contributed by atoms with Crippen LogP contribution in [0.1, 0.15) is 37.7 Å². The lowest BCUT2D eigenvalue weighted by molar-refractivity contribution is -0.140. The normalized spacial score (nSPS) is 21.6. The number of aryl methyl sites for hydroxylation is 1. The maximum absolute atomic E-state index is 12.9. The van der Waals surface area contributed by atoms with Crippen LogP contribution in [0.3, 0.4) is 0 Å². The number of benzene rings is 1. The Hall–Kier alpha value is -2.08. The zero-order valence-corrected chi connectivity index (χ0v) is 15.2. The number of carbonyl (C=O) groups is 2. The number of carboxylic acids is 1. The van der Waals surface area contributed by atoms with Crippen LogP contribution in [0.2, 0.25) is 0 Å². The maximum atomic E-state index is 12.9. The second-order valence-corrected chi connectivity index (χ2v) is 7.37. The number of hydrogen-bond acceptors (Lipinski definition) is 4. The molecule has 3 rings (SSSR count). The van der Waals surface area contributed by atoms with Gasteiger partial charge >= 0.3 is 5.97 Å². The van der Waals surface area contributed by atoms with E-state index in [-0.39, 0.29) is 17.9 Å². The van der Waals surface area contributed by atoms with Crippen LogP contribution in [0, 0.1) is 5.41 Å². The van der Waals surface area contributed by atoms with Gasteiger partial charge in [0.05, 0.1) is 18.5 Å². The number of nitrogens with one attached hydrogen (secondary N) is 1. The van der Waals surface area contributed by atoms with Gasteiger partial charge in [0, 0.05) is 0 Å². The van der Waals surface area contributed by atoms with Crippen molar-refractivity contribution in [2.45, 2.75) is 38.5 Å². The summed E-state index contributed by atoms with van der Waals surface area (Å²) >= 11 is 0. The highest BCUT2D eigenvalue weighted by molar-refractivity contribution is 5.82. The third kappa shape index (κ3) is 4.55. The van der Waals surface area contributed by atoms with Gasteiger partial charge in [-0.1, -0.05) is 24.6 Å². The van der Waals surface area contributed by atoms with Gasteiger partial charge in [-0.05, 0) is 56.8 Å². The van der Waals surface area contributed by atoms with E-state index in [1.54, 1.807) is 0 Å². The fourth-order valence-corrected chi connectivity index (χ4v) is 4.06. The first kappa shape index (κ1) is 18.7. The number of hydrogen-bond donors (Lipinski definition) is 2. The molecule has 1 amide bonds. The minimum Gasteiger partial charge on any atom is -0.491 e. The van der Waals surface area contributed by atoms with Crippen molar-refractivity contribution in [3.05, 3.63) is 29.8 Å². The molecule has 2 heterocycles. The third-order valence-corrected chi connectivity index (χ3v) is 5.62. The smallest absolute Gasteiger partial charge is 0.317 e. The predicted octanol–water partition coefficient (Wildman–Crippen LogP) is 2.07. The van der Waals surface area contributed by atoms with E-state index in [4.69, 9.17) is 9.84 Å². The number of ether oxygens (including phenoxy) is 1. The van der Waals surface area contributed by atoms with Crippen molar-refractivity contribution in [3.8, 4) is 5.75 Å². The summed E-state index contributed by atoms with van der Waals surface area (Å²) in [5.74, 6) is 0.212. The molecule has 0 bridgehead atoms. The van der Waals surface area contributed by atoms with Gasteiger partial charge in [-0.25, -0.2) is 0 Å². The molecule has 2 aliphatic rings. The Bertz CT molecular complexity index is 638. The quantitative estimate of drug-likeness (QED) is 0.844. The van der Waals surface area contributed by atoms with Gasteiger partial charge < -0.3 is 15.2 Å². The topological polar surface area (TPSA) is 78.9 Å². The second kappa shape index (κ2) is 8.54. The van der Waals surface area contributed by atoms with Crippen molar-refractivity contribution < 1.29 is 19.4 Å². The first-order valence-electron chi connectivity index (χ1n) is 9.52. The summed E-state index contributed by atoms with van der Waals surface area (Å²) in [4.78, 5) is 25.7. The highest BCUT2D eigenvalue weighted by atomic mass is 16.5. The van der Waals surface area contributed by atoms with E-state index in [1.165, 1.54) is 5.56 Å². The summed E-state index contributed by atoms with van der Waals surface area (Å²) in [5, 5.41) is 12.0. The third-order valence-electron chi connectivity index (χ3n) is 5.62. The summed E-state index contributed by atoms with van der Waals surface area (Å²) in [7, 11) is 0. The molecule has 1 saturated heterocycles. The average molecular weight is 360 g/mol. The van der Waals surface area contributed by atoms with E-state index in [0.717, 1.165) is 44.3 Å². The summed E-state index contributed by atoms with van der Waals surface area (Å²) in [6.07, 6.45) is 5.28. The van der Waals surface area contributed by atoms with Gasteiger partial charge in [-0.2, -0.15) is 0 Å². The molecule has 0 aliphatic carbocycles. The predicted molar refractivity (Wildman–Crippen MR) is 98.2 cm³/mol. The number of carbonyl (C=O) groups excluding carboxylic acids is 1. The lowest BCUT2D eigenvalue weighted by Crippen LogP contribution is -2.50. The standard InChI is InChI=1S/C20H28N2O4/c23-18(24)15-22-12-9-20(10-13-22)8-4-3-6-16-5-1-2-7-17(16)26-14-11-21-19(20)25/h1-2,5,7H,3-4,6,8-15H2,(H,21,25)(H,23,24). The number of piperidine rings is 1. The number of rotatable bonds is 2. The molecule has 1 fully saturated rings. The fourth-order valence-electron chi connectivity index (χ4n) is 4.06. The Labute approximate surface area is 154 Å². The van der Waals surface area contributed by atoms with E-state index < -0.39 is 5.97 Å². The Morgan fingerprint density at radius 2 is 1.96 bits per heavy atom. The van der Waals surface area contributed by atoms with Gasteiger partial charge in [-0.15, -0.1) is 0 Å². The number of para-hydroxylation sites is 1. The number of carboxylic acid groups (broad SMARTS) is 1. The van der Waals surface area contributed by atoms with Gasteiger partial charge in [-0.3, -0.25) is 14.5 Å². The van der Waals surface area contributed by atoms with Crippen molar-refractivity contribution in [2.24, 2.45) is 5.41 Å². The first-order valence-corrected chi connectivity index (χ1v) is 9.52. The summed E-state index contributed by atoms with van der Waals surface area (Å²) in [6, 6.07) is 8.11. The van der Waals surface area contributed by atoms with Crippen molar-refractivity contribution in [2.75, 3.05) is 32.8 Å². The molecular weight excluding hydrogens is 332 g/mol. The largest absolute Gasteiger partial charge is 0.491 e. The lowest BCUT2D eigenvalue weighted by atomic mass is 9.73. The van der Waals surface area contributed by atoms with Gasteiger partial charge in [0.1, 0.15) is 12.4 Å². The van der Waals surface area contributed by atoms with Gasteiger partial charge in [0.15, 0.2) is 0 Å². The molecule has 26 heavy (non-hydrogen) atoms. The fraction of sp³-hybridized carbons (Fsp3) is 0.600. The minimum absolute atomic E-state index is 0.0579. The summed E-state index contributed by atoms with van der Waals surface area (Å²) in [6.45, 7) is 2.35. The molecule has 6 nitrogen and oxygen atoms in total. The SMILES string of the molecule is O=C(O)CN1CCC2(CCCCc3ccccc3OCCNC2=O)CC1. The summed E-state index contributed by atoms with van der Waals surface area (Å²) in [5.41, 5.74) is 0.859. The molecule has 2 N–H and O–H groups in total. The van der Waals surface area contributed by atoms with Crippen molar-refractivity contribution in [1.82, 2.24) is 10.2 Å². The molecule has 0 saturated carbocycles. The van der Waals surface area contributed by atoms with Crippen molar-refractivity contribution >= 4 is 11.9 Å². The zero-order chi connectivity index (χ0) is 18.4. The molecule has 1 spiro atoms. The lowest BCUT2D eigenvalue weighted by Gasteiger charge is -2.40. The Kier molecular flexibility index (Phi) is 6.14. The van der Waals surface area contributed by atoms with Crippen LogP contribution >= 0.6 is 0 Å². The van der Waals surface area contributed by atoms with E-state index in [1.807, 2.05) is 23.1 Å². The second-order valence-electron chi connectivity index (χ2n) is 7.37. The Balaban J connectivity index is 1.65. The highest BCUT2D eigenvalue weighted by Gasteiger charge is 2.40. The van der Waals surface area contributed by atoms with Crippen molar-refractivity contribution in [1.29, 1.82) is 0 Å². The van der Waals surface area contributed by atoms with E-state index in [9.17, 15) is 9.59 Å². The molecule has 0 aromatic heterocycles. The number of amides is 1. The molecule has 1 aromatic rings. The van der Waals surface area contributed by atoms with E-state index >= 15 is 0 Å². The molecule has 0 radical (unpaired) electrons.